The van der Waals surface area contributed by atoms with Crippen molar-refractivity contribution in [3.05, 3.63) is 39.7 Å². The van der Waals surface area contributed by atoms with Gasteiger partial charge in [0.2, 0.25) is 11.8 Å². The molecular weight excluding hydrogens is 262 g/mol. The number of hydrogen-bond acceptors (Lipinski definition) is 7. The Kier molecular flexibility index (Phi) is 3.05. The van der Waals surface area contributed by atoms with E-state index in [-0.39, 0.29) is 5.69 Å². The zero-order chi connectivity index (χ0) is 14.1. The molecule has 20 heavy (non-hydrogen) atoms. The SMILES string of the molecule is Cc1cc([N+](=O)[O-])cnc1NCc1nnc(C2CC2)o1. The van der Waals surface area contributed by atoms with Gasteiger partial charge >= 0.3 is 0 Å². The molecule has 1 aliphatic rings. The van der Waals surface area contributed by atoms with Gasteiger partial charge in [-0.3, -0.25) is 10.1 Å². The maximum absolute atomic E-state index is 10.6. The van der Waals surface area contributed by atoms with E-state index >= 15 is 0 Å². The van der Waals surface area contributed by atoms with Gasteiger partial charge < -0.3 is 9.73 Å². The van der Waals surface area contributed by atoms with Crippen LogP contribution in [0.4, 0.5) is 11.5 Å². The van der Waals surface area contributed by atoms with Crippen LogP contribution in [0.25, 0.3) is 0 Å². The third kappa shape index (κ3) is 2.58. The molecule has 0 aromatic carbocycles. The number of rotatable bonds is 5. The summed E-state index contributed by atoms with van der Waals surface area (Å²) in [7, 11) is 0. The molecule has 8 nitrogen and oxygen atoms in total. The Balaban J connectivity index is 1.66. The molecule has 1 aliphatic carbocycles. The van der Waals surface area contributed by atoms with Gasteiger partial charge in [-0.1, -0.05) is 0 Å². The summed E-state index contributed by atoms with van der Waals surface area (Å²) in [6, 6.07) is 1.47. The number of anilines is 1. The number of nitro groups is 1. The Morgan fingerprint density at radius 1 is 1.50 bits per heavy atom. The van der Waals surface area contributed by atoms with Gasteiger partial charge in [0, 0.05) is 12.0 Å². The van der Waals surface area contributed by atoms with Crippen LogP contribution >= 0.6 is 0 Å². The van der Waals surface area contributed by atoms with Gasteiger partial charge in [0.1, 0.15) is 12.0 Å². The molecule has 0 aliphatic heterocycles. The molecule has 0 saturated heterocycles. The quantitative estimate of drug-likeness (QED) is 0.658. The molecule has 3 rings (SSSR count). The van der Waals surface area contributed by atoms with Crippen LogP contribution < -0.4 is 5.32 Å². The van der Waals surface area contributed by atoms with Crippen molar-refractivity contribution in [2.24, 2.45) is 0 Å². The summed E-state index contributed by atoms with van der Waals surface area (Å²) in [6.45, 7) is 2.11. The lowest BCUT2D eigenvalue weighted by atomic mass is 10.2. The standard InChI is InChI=1S/C12H13N5O3/c1-7-4-9(17(18)19)5-13-11(7)14-6-10-15-16-12(20-10)8-2-3-8/h4-5,8H,2-3,6H2,1H3,(H,13,14). The average Bonchev–Trinajstić information content (AvgIpc) is 3.17. The van der Waals surface area contributed by atoms with Gasteiger partial charge in [-0.25, -0.2) is 4.98 Å². The summed E-state index contributed by atoms with van der Waals surface area (Å²) in [5.41, 5.74) is 0.669. The summed E-state index contributed by atoms with van der Waals surface area (Å²) in [6.07, 6.45) is 3.44. The van der Waals surface area contributed by atoms with E-state index in [0.29, 0.717) is 35.6 Å². The highest BCUT2D eigenvalue weighted by Crippen LogP contribution is 2.39. The number of aryl methyl sites for hydroxylation is 1. The van der Waals surface area contributed by atoms with Crippen molar-refractivity contribution in [2.45, 2.75) is 32.2 Å². The minimum Gasteiger partial charge on any atom is -0.423 e. The van der Waals surface area contributed by atoms with E-state index in [9.17, 15) is 10.1 Å². The Hall–Kier alpha value is -2.51. The normalized spacial score (nSPS) is 14.2. The molecule has 0 atom stereocenters. The Labute approximate surface area is 114 Å². The van der Waals surface area contributed by atoms with Crippen LogP contribution in [0.5, 0.6) is 0 Å². The molecule has 104 valence electrons. The van der Waals surface area contributed by atoms with Crippen LogP contribution in [-0.2, 0) is 6.54 Å². The van der Waals surface area contributed by atoms with E-state index in [2.05, 4.69) is 20.5 Å². The second-order valence-electron chi connectivity index (χ2n) is 4.78. The molecule has 0 bridgehead atoms. The third-order valence-electron chi connectivity index (χ3n) is 3.09. The maximum Gasteiger partial charge on any atom is 0.287 e. The van der Waals surface area contributed by atoms with Crippen LogP contribution in [-0.4, -0.2) is 20.1 Å². The highest BCUT2D eigenvalue weighted by molar-refractivity contribution is 5.48. The van der Waals surface area contributed by atoms with Gasteiger partial charge in [-0.2, -0.15) is 0 Å². The predicted molar refractivity (Wildman–Crippen MR) is 69.2 cm³/mol. The molecule has 2 aromatic heterocycles. The summed E-state index contributed by atoms with van der Waals surface area (Å²) >= 11 is 0. The molecule has 1 fully saturated rings. The minimum atomic E-state index is -0.469. The van der Waals surface area contributed by atoms with E-state index < -0.39 is 4.92 Å². The van der Waals surface area contributed by atoms with E-state index in [0.717, 1.165) is 12.8 Å². The lowest BCUT2D eigenvalue weighted by Gasteiger charge is -2.05. The summed E-state index contributed by atoms with van der Waals surface area (Å²) in [5, 5.41) is 21.6. The first-order valence-electron chi connectivity index (χ1n) is 6.30. The molecule has 0 unspecified atom stereocenters. The van der Waals surface area contributed by atoms with Crippen LogP contribution in [0.2, 0.25) is 0 Å². The van der Waals surface area contributed by atoms with Crippen LogP contribution in [0, 0.1) is 17.0 Å². The van der Waals surface area contributed by atoms with Crippen LogP contribution in [0.1, 0.15) is 36.1 Å². The van der Waals surface area contributed by atoms with Gasteiger partial charge in [-0.15, -0.1) is 10.2 Å². The fourth-order valence-corrected chi connectivity index (χ4v) is 1.84. The summed E-state index contributed by atoms with van der Waals surface area (Å²) in [5.74, 6) is 2.18. The Morgan fingerprint density at radius 3 is 2.95 bits per heavy atom. The molecule has 1 saturated carbocycles. The van der Waals surface area contributed by atoms with E-state index in [4.69, 9.17) is 4.42 Å². The van der Waals surface area contributed by atoms with Gasteiger partial charge in [0.25, 0.3) is 5.69 Å². The summed E-state index contributed by atoms with van der Waals surface area (Å²) in [4.78, 5) is 14.2. The topological polar surface area (TPSA) is 107 Å². The molecule has 0 spiro atoms. The van der Waals surface area contributed by atoms with Crippen molar-refractivity contribution >= 4 is 11.5 Å². The highest BCUT2D eigenvalue weighted by atomic mass is 16.6. The first-order valence-corrected chi connectivity index (χ1v) is 6.30. The molecule has 2 aromatic rings. The predicted octanol–water partition coefficient (Wildman–Crippen LogP) is 2.17. The van der Waals surface area contributed by atoms with Crippen LogP contribution in [0.3, 0.4) is 0 Å². The van der Waals surface area contributed by atoms with E-state index in [1.807, 2.05) is 0 Å². The molecule has 8 heteroatoms. The molecule has 0 radical (unpaired) electrons. The molecule has 0 amide bonds. The smallest absolute Gasteiger partial charge is 0.287 e. The monoisotopic (exact) mass is 275 g/mol. The second kappa shape index (κ2) is 4.87. The maximum atomic E-state index is 10.6. The Morgan fingerprint density at radius 2 is 2.30 bits per heavy atom. The van der Waals surface area contributed by atoms with Crippen molar-refractivity contribution in [1.29, 1.82) is 0 Å². The highest BCUT2D eigenvalue weighted by Gasteiger charge is 2.29. The number of nitrogens with zero attached hydrogens (tertiary/aromatic N) is 4. The van der Waals surface area contributed by atoms with Crippen molar-refractivity contribution in [3.8, 4) is 0 Å². The second-order valence-corrected chi connectivity index (χ2v) is 4.78. The van der Waals surface area contributed by atoms with Gasteiger partial charge in [-0.05, 0) is 25.3 Å². The van der Waals surface area contributed by atoms with Crippen molar-refractivity contribution < 1.29 is 9.34 Å². The molecule has 2 heterocycles. The van der Waals surface area contributed by atoms with E-state index in [1.54, 1.807) is 6.92 Å². The van der Waals surface area contributed by atoms with E-state index in [1.165, 1.54) is 12.3 Å². The zero-order valence-corrected chi connectivity index (χ0v) is 10.9. The van der Waals surface area contributed by atoms with Crippen molar-refractivity contribution in [3.63, 3.8) is 0 Å². The fraction of sp³-hybridized carbons (Fsp3) is 0.417. The average molecular weight is 275 g/mol. The first kappa shape index (κ1) is 12.5. The molecular formula is C12H13N5O3. The van der Waals surface area contributed by atoms with Gasteiger partial charge in [0.15, 0.2) is 0 Å². The first-order chi connectivity index (χ1) is 9.63. The number of nitrogens with one attached hydrogen (secondary N) is 1. The largest absolute Gasteiger partial charge is 0.423 e. The summed E-state index contributed by atoms with van der Waals surface area (Å²) < 4.78 is 5.51. The number of aromatic nitrogens is 3. The van der Waals surface area contributed by atoms with Crippen molar-refractivity contribution in [2.75, 3.05) is 5.32 Å². The lowest BCUT2D eigenvalue weighted by molar-refractivity contribution is -0.385. The third-order valence-corrected chi connectivity index (χ3v) is 3.09. The molecule has 1 N–H and O–H groups in total. The zero-order valence-electron chi connectivity index (χ0n) is 10.9. The lowest BCUT2D eigenvalue weighted by Crippen LogP contribution is -2.04. The number of hydrogen-bond donors (Lipinski definition) is 1. The van der Waals surface area contributed by atoms with Gasteiger partial charge in [0.05, 0.1) is 11.5 Å². The number of pyridine rings is 1. The fourth-order valence-electron chi connectivity index (χ4n) is 1.84. The van der Waals surface area contributed by atoms with Crippen LogP contribution in [0.15, 0.2) is 16.7 Å². The van der Waals surface area contributed by atoms with Crippen molar-refractivity contribution in [1.82, 2.24) is 15.2 Å². The Bertz CT molecular complexity index is 650. The minimum absolute atomic E-state index is 0.0261.